The highest BCUT2D eigenvalue weighted by molar-refractivity contribution is 5.92. The monoisotopic (exact) mass is 514 g/mol. The number of para-hydroxylation sites is 1. The minimum Gasteiger partial charge on any atom is -0.459 e. The lowest BCUT2D eigenvalue weighted by Crippen LogP contribution is -2.48. The Morgan fingerprint density at radius 1 is 0.921 bits per heavy atom. The van der Waals surface area contributed by atoms with Gasteiger partial charge in [0.25, 0.3) is 11.8 Å². The molecule has 3 aromatic heterocycles. The lowest BCUT2D eigenvalue weighted by atomic mass is 10.1. The van der Waals surface area contributed by atoms with Crippen molar-refractivity contribution in [3.8, 4) is 0 Å². The first-order chi connectivity index (χ1) is 18.5. The average Bonchev–Trinajstić information content (AvgIpc) is 3.72. The molecular weight excluding hydrogens is 480 g/mol. The zero-order valence-electron chi connectivity index (χ0n) is 22.0. The molecule has 8 nitrogen and oxygen atoms in total. The van der Waals surface area contributed by atoms with Gasteiger partial charge in [0, 0.05) is 50.3 Å². The van der Waals surface area contributed by atoms with Crippen LogP contribution in [-0.4, -0.2) is 58.9 Å². The van der Waals surface area contributed by atoms with Gasteiger partial charge in [-0.25, -0.2) is 0 Å². The third-order valence-corrected chi connectivity index (χ3v) is 7.01. The van der Waals surface area contributed by atoms with Crippen molar-refractivity contribution in [2.75, 3.05) is 37.6 Å². The van der Waals surface area contributed by atoms with Crippen molar-refractivity contribution in [3.63, 3.8) is 0 Å². The van der Waals surface area contributed by atoms with E-state index in [0.717, 1.165) is 25.2 Å². The number of benzene rings is 1. The van der Waals surface area contributed by atoms with Crippen LogP contribution in [0.3, 0.4) is 0 Å². The topological polar surface area (TPSA) is 75.1 Å². The first-order valence-electron chi connectivity index (χ1n) is 13.2. The molecule has 0 N–H and O–H groups in total. The van der Waals surface area contributed by atoms with Crippen LogP contribution in [0.4, 0.5) is 5.69 Å². The lowest BCUT2D eigenvalue weighted by Gasteiger charge is -2.36. The summed E-state index contributed by atoms with van der Waals surface area (Å²) in [5.74, 6) is 1.19. The third-order valence-electron chi connectivity index (χ3n) is 7.01. The zero-order valence-corrected chi connectivity index (χ0v) is 22.0. The van der Waals surface area contributed by atoms with Crippen LogP contribution in [0, 0.1) is 6.92 Å². The minimum atomic E-state index is -0.127. The van der Waals surface area contributed by atoms with Gasteiger partial charge in [-0.3, -0.25) is 9.59 Å². The predicted octanol–water partition coefficient (Wildman–Crippen LogP) is 5.05. The lowest BCUT2D eigenvalue weighted by molar-refractivity contribution is 0.0701. The van der Waals surface area contributed by atoms with Crippen LogP contribution in [0.25, 0.3) is 0 Å². The minimum absolute atomic E-state index is 0.0772. The molecule has 0 unspecified atom stereocenters. The Morgan fingerprint density at radius 3 is 2.47 bits per heavy atom. The molecule has 1 fully saturated rings. The smallest absolute Gasteiger partial charge is 0.289 e. The molecule has 1 saturated heterocycles. The molecule has 4 heterocycles. The molecule has 0 saturated carbocycles. The van der Waals surface area contributed by atoms with E-state index in [2.05, 4.69) is 30.0 Å². The number of aromatic nitrogens is 1. The summed E-state index contributed by atoms with van der Waals surface area (Å²) in [6, 6.07) is 19.3. The maximum Gasteiger partial charge on any atom is 0.289 e. The van der Waals surface area contributed by atoms with E-state index in [-0.39, 0.29) is 11.8 Å². The van der Waals surface area contributed by atoms with Gasteiger partial charge in [-0.2, -0.15) is 0 Å². The van der Waals surface area contributed by atoms with Gasteiger partial charge in [0.15, 0.2) is 11.5 Å². The summed E-state index contributed by atoms with van der Waals surface area (Å²) in [5, 5.41) is 0. The van der Waals surface area contributed by atoms with Crippen molar-refractivity contribution in [3.05, 3.63) is 102 Å². The van der Waals surface area contributed by atoms with E-state index < -0.39 is 0 Å². The second kappa shape index (κ2) is 11.5. The summed E-state index contributed by atoms with van der Waals surface area (Å²) in [7, 11) is 0. The molecule has 1 aliphatic heterocycles. The van der Waals surface area contributed by atoms with Gasteiger partial charge < -0.3 is 28.1 Å². The second-order valence-electron chi connectivity index (χ2n) is 9.66. The molecule has 38 heavy (non-hydrogen) atoms. The number of hydrogen-bond acceptors (Lipinski definition) is 5. The number of furan rings is 2. The Labute approximate surface area is 223 Å². The molecule has 8 heteroatoms. The SMILES string of the molecule is CCCN(Cc1cccn1Cc1ccc(C(=O)N2CCN(c3ccccc3C)CC2)o1)C(=O)c1ccco1. The van der Waals surface area contributed by atoms with Gasteiger partial charge >= 0.3 is 0 Å². The first kappa shape index (κ1) is 25.4. The fourth-order valence-corrected chi connectivity index (χ4v) is 4.99. The van der Waals surface area contributed by atoms with E-state index in [9.17, 15) is 9.59 Å². The van der Waals surface area contributed by atoms with Crippen molar-refractivity contribution in [2.45, 2.75) is 33.4 Å². The van der Waals surface area contributed by atoms with E-state index in [1.165, 1.54) is 17.5 Å². The Hall–Kier alpha value is -4.20. The molecule has 0 spiro atoms. The summed E-state index contributed by atoms with van der Waals surface area (Å²) in [4.78, 5) is 32.0. The highest BCUT2D eigenvalue weighted by Gasteiger charge is 2.25. The van der Waals surface area contributed by atoms with E-state index >= 15 is 0 Å². The van der Waals surface area contributed by atoms with Gasteiger partial charge in [-0.05, 0) is 61.4 Å². The van der Waals surface area contributed by atoms with E-state index in [1.54, 1.807) is 23.1 Å². The van der Waals surface area contributed by atoms with Crippen LogP contribution in [0.5, 0.6) is 0 Å². The van der Waals surface area contributed by atoms with Gasteiger partial charge in [0.2, 0.25) is 0 Å². The van der Waals surface area contributed by atoms with E-state index in [1.807, 2.05) is 46.9 Å². The molecular formula is C30H34N4O4. The summed E-state index contributed by atoms with van der Waals surface area (Å²) < 4.78 is 13.4. The Bertz CT molecular complexity index is 1360. The Morgan fingerprint density at radius 2 is 1.74 bits per heavy atom. The van der Waals surface area contributed by atoms with Gasteiger partial charge in [-0.1, -0.05) is 25.1 Å². The van der Waals surface area contributed by atoms with E-state index in [4.69, 9.17) is 8.83 Å². The predicted molar refractivity (Wildman–Crippen MR) is 145 cm³/mol. The number of aryl methyl sites for hydroxylation is 1. The van der Waals surface area contributed by atoms with Crippen LogP contribution in [0.2, 0.25) is 0 Å². The van der Waals surface area contributed by atoms with Crippen molar-refractivity contribution >= 4 is 17.5 Å². The largest absolute Gasteiger partial charge is 0.459 e. The Balaban J connectivity index is 1.20. The summed E-state index contributed by atoms with van der Waals surface area (Å²) in [5.41, 5.74) is 3.45. The highest BCUT2D eigenvalue weighted by atomic mass is 16.4. The fraction of sp³-hybridized carbons (Fsp3) is 0.333. The second-order valence-corrected chi connectivity index (χ2v) is 9.66. The number of carbonyl (C=O) groups excluding carboxylic acids is 2. The number of hydrogen-bond donors (Lipinski definition) is 0. The fourth-order valence-electron chi connectivity index (χ4n) is 4.99. The number of nitrogens with zero attached hydrogens (tertiary/aromatic N) is 4. The third kappa shape index (κ3) is 5.54. The van der Waals surface area contributed by atoms with Gasteiger partial charge in [-0.15, -0.1) is 0 Å². The van der Waals surface area contributed by atoms with Gasteiger partial charge in [0.1, 0.15) is 5.76 Å². The number of anilines is 1. The molecule has 2 amide bonds. The Kier molecular flexibility index (Phi) is 7.67. The number of rotatable bonds is 9. The number of piperazine rings is 1. The van der Waals surface area contributed by atoms with Crippen LogP contribution in [-0.2, 0) is 13.1 Å². The molecule has 5 rings (SSSR count). The average molecular weight is 515 g/mol. The zero-order chi connectivity index (χ0) is 26.5. The molecule has 0 bridgehead atoms. The molecule has 0 aliphatic carbocycles. The number of amides is 2. The quantitative estimate of drug-likeness (QED) is 0.313. The molecule has 1 aliphatic rings. The molecule has 198 valence electrons. The molecule has 1 aromatic carbocycles. The van der Waals surface area contributed by atoms with Gasteiger partial charge in [0.05, 0.1) is 19.4 Å². The van der Waals surface area contributed by atoms with Crippen molar-refractivity contribution < 1.29 is 18.4 Å². The molecule has 0 radical (unpaired) electrons. The van der Waals surface area contributed by atoms with Crippen molar-refractivity contribution in [2.24, 2.45) is 0 Å². The van der Waals surface area contributed by atoms with Crippen LogP contribution < -0.4 is 4.90 Å². The highest BCUT2D eigenvalue weighted by Crippen LogP contribution is 2.22. The van der Waals surface area contributed by atoms with Crippen LogP contribution in [0.1, 0.15) is 51.5 Å². The standard InChI is InChI=1S/C30H34N4O4/c1-3-14-34(29(35)27-11-7-20-37-27)21-24-9-6-15-33(24)22-25-12-13-28(38-25)30(36)32-18-16-31(17-19-32)26-10-5-4-8-23(26)2/h4-13,15,20H,3,14,16-19,21-22H2,1-2H3. The number of carbonyl (C=O) groups is 2. The normalized spacial score (nSPS) is 13.6. The molecule has 4 aromatic rings. The van der Waals surface area contributed by atoms with E-state index in [0.29, 0.717) is 50.0 Å². The van der Waals surface area contributed by atoms with Crippen LogP contribution >= 0.6 is 0 Å². The van der Waals surface area contributed by atoms with Crippen LogP contribution in [0.15, 0.2) is 82.0 Å². The summed E-state index contributed by atoms with van der Waals surface area (Å²) in [6.07, 6.45) is 4.32. The van der Waals surface area contributed by atoms with Crippen molar-refractivity contribution in [1.82, 2.24) is 14.4 Å². The maximum atomic E-state index is 13.2. The van der Waals surface area contributed by atoms with Crippen molar-refractivity contribution in [1.29, 1.82) is 0 Å². The summed E-state index contributed by atoms with van der Waals surface area (Å²) >= 11 is 0. The summed E-state index contributed by atoms with van der Waals surface area (Å²) in [6.45, 7) is 8.62. The first-order valence-corrected chi connectivity index (χ1v) is 13.2. The molecule has 0 atom stereocenters. The maximum absolute atomic E-state index is 13.2.